The van der Waals surface area contributed by atoms with Crippen LogP contribution in [0.5, 0.6) is 11.5 Å². The van der Waals surface area contributed by atoms with Crippen molar-refractivity contribution in [2.75, 3.05) is 38.6 Å². The molecule has 0 saturated carbocycles. The van der Waals surface area contributed by atoms with Crippen LogP contribution in [0, 0.1) is 0 Å². The lowest BCUT2D eigenvalue weighted by atomic mass is 10.1. The zero-order valence-corrected chi connectivity index (χ0v) is 23.5. The van der Waals surface area contributed by atoms with Crippen molar-refractivity contribution < 1.29 is 22.7 Å². The molecule has 4 aromatic rings. The maximum atomic E-state index is 13.3. The second-order valence-electron chi connectivity index (χ2n) is 9.75. The van der Waals surface area contributed by atoms with E-state index in [9.17, 15) is 13.2 Å². The van der Waals surface area contributed by atoms with E-state index in [1.165, 1.54) is 6.07 Å². The predicted octanol–water partition coefficient (Wildman–Crippen LogP) is 4.40. The highest BCUT2D eigenvalue weighted by atomic mass is 32.2. The number of aromatic nitrogens is 1. The largest absolute Gasteiger partial charge is 0.493 e. The van der Waals surface area contributed by atoms with Gasteiger partial charge < -0.3 is 14.4 Å². The number of anilines is 1. The van der Waals surface area contributed by atoms with Crippen LogP contribution in [0.4, 0.5) is 5.69 Å². The molecule has 1 aliphatic heterocycles. The Morgan fingerprint density at radius 1 is 0.975 bits per heavy atom. The van der Waals surface area contributed by atoms with Crippen molar-refractivity contribution in [2.24, 2.45) is 0 Å². The monoisotopic (exact) mass is 560 g/mol. The van der Waals surface area contributed by atoms with E-state index >= 15 is 0 Å². The third-order valence-corrected chi connectivity index (χ3v) is 8.53. The van der Waals surface area contributed by atoms with Gasteiger partial charge in [0.1, 0.15) is 4.90 Å². The maximum absolute atomic E-state index is 13.3. The Hall–Kier alpha value is -4.15. The highest BCUT2D eigenvalue weighted by Crippen LogP contribution is 2.32. The summed E-state index contributed by atoms with van der Waals surface area (Å²) in [6.07, 6.45) is 1.57. The quantitative estimate of drug-likeness (QED) is 0.341. The van der Waals surface area contributed by atoms with Gasteiger partial charge in [-0.25, -0.2) is 8.42 Å². The molecule has 2 heterocycles. The Morgan fingerprint density at radius 3 is 2.45 bits per heavy atom. The summed E-state index contributed by atoms with van der Waals surface area (Å²) in [4.78, 5) is 21.9. The smallest absolute Gasteiger partial charge is 0.264 e. The number of piperazine rings is 1. The highest BCUT2D eigenvalue weighted by Gasteiger charge is 2.29. The number of para-hydroxylation sites is 2. The predicted molar refractivity (Wildman–Crippen MR) is 154 cm³/mol. The number of carbonyl (C=O) groups excluding carboxylic acids is 1. The average molecular weight is 561 g/mol. The first-order valence-corrected chi connectivity index (χ1v) is 14.5. The molecule has 40 heavy (non-hydrogen) atoms. The molecule has 1 aromatic heterocycles. The topological polar surface area (TPSA) is 101 Å². The minimum atomic E-state index is -3.87. The number of amides is 1. The van der Waals surface area contributed by atoms with Crippen molar-refractivity contribution in [3.05, 3.63) is 90.1 Å². The molecule has 0 radical (unpaired) electrons. The Labute approximate surface area is 234 Å². The highest BCUT2D eigenvalue weighted by molar-refractivity contribution is 7.93. The minimum Gasteiger partial charge on any atom is -0.493 e. The number of methoxy groups -OCH3 is 2. The molecule has 0 unspecified atom stereocenters. The summed E-state index contributed by atoms with van der Waals surface area (Å²) in [5.41, 5.74) is 2.31. The number of nitrogens with zero attached hydrogens (tertiary/aromatic N) is 3. The summed E-state index contributed by atoms with van der Waals surface area (Å²) in [5, 5.41) is 0.739. The Bertz CT molecular complexity index is 1620. The zero-order chi connectivity index (χ0) is 28.3. The summed E-state index contributed by atoms with van der Waals surface area (Å²) in [6, 6.07) is 21.0. The summed E-state index contributed by atoms with van der Waals surface area (Å²) in [6.45, 7) is 4.73. The molecular formula is C30H32N4O5S. The van der Waals surface area contributed by atoms with Gasteiger partial charge in [-0.1, -0.05) is 30.3 Å². The number of nitrogens with one attached hydrogen (secondary N) is 1. The molecule has 1 amide bonds. The summed E-state index contributed by atoms with van der Waals surface area (Å²) < 4.78 is 39.8. The van der Waals surface area contributed by atoms with Crippen LogP contribution in [0.1, 0.15) is 22.8 Å². The van der Waals surface area contributed by atoms with E-state index in [1.54, 1.807) is 56.8 Å². The van der Waals surface area contributed by atoms with Crippen LogP contribution in [-0.2, 0) is 16.6 Å². The van der Waals surface area contributed by atoms with E-state index < -0.39 is 10.0 Å². The van der Waals surface area contributed by atoms with Crippen LogP contribution < -0.4 is 14.2 Å². The molecule has 5 rings (SSSR count). The number of benzene rings is 3. The lowest BCUT2D eigenvalue weighted by Gasteiger charge is -2.40. The van der Waals surface area contributed by atoms with Gasteiger partial charge in [0.15, 0.2) is 11.5 Å². The molecule has 1 saturated heterocycles. The Morgan fingerprint density at radius 2 is 1.73 bits per heavy atom. The second kappa shape index (κ2) is 11.5. The number of fused-ring (bicyclic) bond motifs is 1. The number of hydrogen-bond donors (Lipinski definition) is 1. The van der Waals surface area contributed by atoms with Crippen LogP contribution in [0.15, 0.2) is 83.9 Å². The van der Waals surface area contributed by atoms with Gasteiger partial charge >= 0.3 is 0 Å². The number of sulfonamides is 1. The van der Waals surface area contributed by atoms with Gasteiger partial charge in [0.25, 0.3) is 15.9 Å². The molecule has 1 aliphatic rings. The Balaban J connectivity index is 1.24. The van der Waals surface area contributed by atoms with Gasteiger partial charge in [0, 0.05) is 60.6 Å². The third kappa shape index (κ3) is 5.59. The summed E-state index contributed by atoms with van der Waals surface area (Å²) >= 11 is 0. The number of carbonyl (C=O) groups is 1. The van der Waals surface area contributed by atoms with Crippen molar-refractivity contribution >= 4 is 32.5 Å². The molecular weight excluding hydrogens is 528 g/mol. The molecule has 1 N–H and O–H groups in total. The molecule has 9 nitrogen and oxygen atoms in total. The fourth-order valence-corrected chi connectivity index (χ4v) is 6.39. The first-order chi connectivity index (χ1) is 19.3. The van der Waals surface area contributed by atoms with Crippen molar-refractivity contribution in [3.8, 4) is 11.5 Å². The van der Waals surface area contributed by atoms with Crippen molar-refractivity contribution in [1.82, 2.24) is 14.8 Å². The van der Waals surface area contributed by atoms with Gasteiger partial charge in [-0.3, -0.25) is 19.4 Å². The fourth-order valence-electron chi connectivity index (χ4n) is 5.15. The van der Waals surface area contributed by atoms with Crippen molar-refractivity contribution in [2.45, 2.75) is 24.4 Å². The fraction of sp³-hybridized carbons (Fsp3) is 0.267. The van der Waals surface area contributed by atoms with Gasteiger partial charge in [-0.05, 0) is 49.4 Å². The van der Waals surface area contributed by atoms with E-state index in [4.69, 9.17) is 9.47 Å². The molecule has 208 valence electrons. The maximum Gasteiger partial charge on any atom is 0.264 e. The van der Waals surface area contributed by atoms with E-state index in [1.807, 2.05) is 42.2 Å². The van der Waals surface area contributed by atoms with Gasteiger partial charge in [-0.15, -0.1) is 0 Å². The summed E-state index contributed by atoms with van der Waals surface area (Å²) in [7, 11) is -0.614. The number of rotatable bonds is 8. The molecule has 1 atom stereocenters. The SMILES string of the molecule is COc1cccc(CN2CCN(C(=O)c3ccc(NS(=O)(=O)c4cccc5cccnc45)cc3)[C@@H](C)C2)c1OC. The van der Waals surface area contributed by atoms with Gasteiger partial charge in [0.2, 0.25) is 0 Å². The Kier molecular flexibility index (Phi) is 7.90. The molecule has 3 aromatic carbocycles. The first kappa shape index (κ1) is 27.4. The number of ether oxygens (including phenoxy) is 2. The van der Waals surface area contributed by atoms with Crippen LogP contribution in [0.2, 0.25) is 0 Å². The van der Waals surface area contributed by atoms with Crippen LogP contribution in [0.25, 0.3) is 10.9 Å². The standard InChI is InChI=1S/C30H32N4O5S/c1-21-19-33(20-24-8-4-10-26(38-2)29(24)39-3)17-18-34(21)30(35)23-12-14-25(15-13-23)32-40(36,37)27-11-5-7-22-9-6-16-31-28(22)27/h4-16,21,32H,17-20H2,1-3H3/t21-/m0/s1. The summed E-state index contributed by atoms with van der Waals surface area (Å²) in [5.74, 6) is 1.34. The second-order valence-corrected chi connectivity index (χ2v) is 11.4. The molecule has 10 heteroatoms. The van der Waals surface area contributed by atoms with Gasteiger partial charge in [-0.2, -0.15) is 0 Å². The van der Waals surface area contributed by atoms with Gasteiger partial charge in [0.05, 0.1) is 19.7 Å². The minimum absolute atomic E-state index is 0.00473. The lowest BCUT2D eigenvalue weighted by molar-refractivity contribution is 0.0474. The van der Waals surface area contributed by atoms with E-state index in [-0.39, 0.29) is 16.8 Å². The lowest BCUT2D eigenvalue weighted by Crippen LogP contribution is -2.53. The third-order valence-electron chi connectivity index (χ3n) is 7.12. The molecule has 0 spiro atoms. The van der Waals surface area contributed by atoms with Crippen LogP contribution in [-0.4, -0.2) is 69.0 Å². The molecule has 1 fully saturated rings. The average Bonchev–Trinajstić information content (AvgIpc) is 2.96. The number of hydrogen-bond acceptors (Lipinski definition) is 7. The first-order valence-electron chi connectivity index (χ1n) is 13.0. The number of pyridine rings is 1. The van der Waals surface area contributed by atoms with Crippen LogP contribution >= 0.6 is 0 Å². The van der Waals surface area contributed by atoms with Crippen molar-refractivity contribution in [1.29, 1.82) is 0 Å². The van der Waals surface area contributed by atoms with E-state index in [2.05, 4.69) is 14.6 Å². The van der Waals surface area contributed by atoms with E-state index in [0.29, 0.717) is 48.7 Å². The van der Waals surface area contributed by atoms with E-state index in [0.717, 1.165) is 16.7 Å². The van der Waals surface area contributed by atoms with Crippen molar-refractivity contribution in [3.63, 3.8) is 0 Å². The zero-order valence-electron chi connectivity index (χ0n) is 22.7. The van der Waals surface area contributed by atoms with Crippen LogP contribution in [0.3, 0.4) is 0 Å². The molecule has 0 aliphatic carbocycles. The normalized spacial score (nSPS) is 16.1. The molecule has 0 bridgehead atoms.